The lowest BCUT2D eigenvalue weighted by molar-refractivity contribution is 0.475. The van der Waals surface area contributed by atoms with Crippen LogP contribution in [0.3, 0.4) is 0 Å². The highest BCUT2D eigenvalue weighted by Gasteiger charge is 2.04. The molecule has 16 heavy (non-hydrogen) atoms. The normalized spacial score (nSPS) is 10.4. The van der Waals surface area contributed by atoms with Crippen molar-refractivity contribution in [1.29, 1.82) is 0 Å². The molecule has 0 bridgehead atoms. The van der Waals surface area contributed by atoms with Gasteiger partial charge in [-0.05, 0) is 55.2 Å². The third kappa shape index (κ3) is 2.08. The molecular formula is C15H16O. The van der Waals surface area contributed by atoms with Crippen LogP contribution in [0, 0.1) is 20.8 Å². The molecule has 0 amide bonds. The summed E-state index contributed by atoms with van der Waals surface area (Å²) in [6.07, 6.45) is 0. The van der Waals surface area contributed by atoms with Crippen LogP contribution in [0.4, 0.5) is 0 Å². The van der Waals surface area contributed by atoms with Crippen molar-refractivity contribution >= 4 is 0 Å². The second-order valence-corrected chi connectivity index (χ2v) is 4.38. The maximum absolute atomic E-state index is 9.60. The summed E-state index contributed by atoms with van der Waals surface area (Å²) in [4.78, 5) is 0. The summed E-state index contributed by atoms with van der Waals surface area (Å²) >= 11 is 0. The summed E-state index contributed by atoms with van der Waals surface area (Å²) in [5.41, 5.74) is 5.85. The van der Waals surface area contributed by atoms with Gasteiger partial charge < -0.3 is 5.11 Å². The van der Waals surface area contributed by atoms with E-state index in [0.29, 0.717) is 5.75 Å². The van der Waals surface area contributed by atoms with Crippen LogP contribution in [0.5, 0.6) is 5.75 Å². The molecule has 0 saturated heterocycles. The third-order valence-corrected chi connectivity index (χ3v) is 2.76. The van der Waals surface area contributed by atoms with Crippen molar-refractivity contribution in [2.24, 2.45) is 0 Å². The van der Waals surface area contributed by atoms with E-state index >= 15 is 0 Å². The highest BCUT2D eigenvalue weighted by molar-refractivity contribution is 5.69. The van der Waals surface area contributed by atoms with Gasteiger partial charge in [0.25, 0.3) is 0 Å². The zero-order valence-electron chi connectivity index (χ0n) is 9.91. The largest absolute Gasteiger partial charge is 0.508 e. The standard InChI is InChI=1S/C15H16O/c1-10-4-5-15(12(3)6-10)13-7-11(2)8-14(16)9-13/h4-9,16H,1-3H3. The van der Waals surface area contributed by atoms with Gasteiger partial charge in [0.2, 0.25) is 0 Å². The quantitative estimate of drug-likeness (QED) is 0.758. The molecule has 0 aliphatic rings. The predicted octanol–water partition coefficient (Wildman–Crippen LogP) is 3.98. The lowest BCUT2D eigenvalue weighted by Gasteiger charge is -2.08. The smallest absolute Gasteiger partial charge is 0.116 e. The Kier molecular flexibility index (Phi) is 2.69. The van der Waals surface area contributed by atoms with Crippen LogP contribution in [0.25, 0.3) is 11.1 Å². The van der Waals surface area contributed by atoms with Crippen LogP contribution < -0.4 is 0 Å². The summed E-state index contributed by atoms with van der Waals surface area (Å²) in [5, 5.41) is 9.60. The van der Waals surface area contributed by atoms with Gasteiger partial charge in [0.1, 0.15) is 5.75 Å². The first-order chi connectivity index (χ1) is 7.56. The lowest BCUT2D eigenvalue weighted by Crippen LogP contribution is -1.85. The van der Waals surface area contributed by atoms with Gasteiger partial charge in [-0.15, -0.1) is 0 Å². The minimum absolute atomic E-state index is 0.329. The van der Waals surface area contributed by atoms with E-state index in [9.17, 15) is 5.11 Å². The fourth-order valence-electron chi connectivity index (χ4n) is 2.06. The number of benzene rings is 2. The Hall–Kier alpha value is -1.76. The van der Waals surface area contributed by atoms with Crippen molar-refractivity contribution < 1.29 is 5.11 Å². The molecule has 0 fully saturated rings. The van der Waals surface area contributed by atoms with E-state index in [-0.39, 0.29) is 0 Å². The summed E-state index contributed by atoms with van der Waals surface area (Å²) < 4.78 is 0. The second-order valence-electron chi connectivity index (χ2n) is 4.38. The number of phenolic OH excluding ortho intramolecular Hbond substituents is 1. The topological polar surface area (TPSA) is 20.2 Å². The number of aryl methyl sites for hydroxylation is 3. The van der Waals surface area contributed by atoms with E-state index in [2.05, 4.69) is 38.1 Å². The Balaban J connectivity index is 2.58. The number of hydrogen-bond acceptors (Lipinski definition) is 1. The Bertz CT molecular complexity index is 507. The van der Waals surface area contributed by atoms with Crippen LogP contribution in [0.15, 0.2) is 36.4 Å². The Morgan fingerprint density at radius 1 is 0.812 bits per heavy atom. The van der Waals surface area contributed by atoms with Crippen molar-refractivity contribution in [3.8, 4) is 16.9 Å². The molecule has 1 nitrogen and oxygen atoms in total. The molecule has 0 heterocycles. The molecule has 2 rings (SSSR count). The van der Waals surface area contributed by atoms with Crippen molar-refractivity contribution in [1.82, 2.24) is 0 Å². The summed E-state index contributed by atoms with van der Waals surface area (Å²) in [7, 11) is 0. The van der Waals surface area contributed by atoms with Gasteiger partial charge in [-0.25, -0.2) is 0 Å². The highest BCUT2D eigenvalue weighted by Crippen LogP contribution is 2.28. The molecule has 0 aliphatic carbocycles. The van der Waals surface area contributed by atoms with Crippen LogP contribution in [0.2, 0.25) is 0 Å². The second kappa shape index (κ2) is 4.01. The van der Waals surface area contributed by atoms with Crippen molar-refractivity contribution in [3.63, 3.8) is 0 Å². The third-order valence-electron chi connectivity index (χ3n) is 2.76. The number of hydrogen-bond donors (Lipinski definition) is 1. The van der Waals surface area contributed by atoms with Crippen molar-refractivity contribution in [2.75, 3.05) is 0 Å². The molecule has 82 valence electrons. The maximum atomic E-state index is 9.60. The number of phenols is 1. The lowest BCUT2D eigenvalue weighted by atomic mass is 9.97. The monoisotopic (exact) mass is 212 g/mol. The highest BCUT2D eigenvalue weighted by atomic mass is 16.3. The molecule has 2 aromatic carbocycles. The van der Waals surface area contributed by atoms with Crippen LogP contribution in [-0.4, -0.2) is 5.11 Å². The van der Waals surface area contributed by atoms with Crippen molar-refractivity contribution in [3.05, 3.63) is 53.1 Å². The maximum Gasteiger partial charge on any atom is 0.116 e. The SMILES string of the molecule is Cc1cc(O)cc(-c2ccc(C)cc2C)c1. The van der Waals surface area contributed by atoms with Gasteiger partial charge in [-0.2, -0.15) is 0 Å². The number of rotatable bonds is 1. The van der Waals surface area contributed by atoms with Crippen LogP contribution in [0.1, 0.15) is 16.7 Å². The fraction of sp³-hybridized carbons (Fsp3) is 0.200. The first-order valence-corrected chi connectivity index (χ1v) is 5.44. The fourth-order valence-corrected chi connectivity index (χ4v) is 2.06. The van der Waals surface area contributed by atoms with Gasteiger partial charge >= 0.3 is 0 Å². The van der Waals surface area contributed by atoms with E-state index in [1.54, 1.807) is 6.07 Å². The molecule has 0 saturated carbocycles. The molecule has 2 aromatic rings. The van der Waals surface area contributed by atoms with Crippen LogP contribution >= 0.6 is 0 Å². The zero-order chi connectivity index (χ0) is 11.7. The molecule has 0 spiro atoms. The molecule has 0 atom stereocenters. The summed E-state index contributed by atoms with van der Waals surface area (Å²) in [6.45, 7) is 6.18. The van der Waals surface area contributed by atoms with E-state index in [1.165, 1.54) is 16.7 Å². The number of aromatic hydroxyl groups is 1. The molecule has 0 radical (unpaired) electrons. The Morgan fingerprint density at radius 3 is 2.19 bits per heavy atom. The van der Waals surface area contributed by atoms with E-state index in [4.69, 9.17) is 0 Å². The average molecular weight is 212 g/mol. The van der Waals surface area contributed by atoms with Crippen molar-refractivity contribution in [2.45, 2.75) is 20.8 Å². The summed E-state index contributed by atoms with van der Waals surface area (Å²) in [5.74, 6) is 0.329. The molecule has 0 aliphatic heterocycles. The Morgan fingerprint density at radius 2 is 1.56 bits per heavy atom. The van der Waals surface area contributed by atoms with Gasteiger partial charge in [0, 0.05) is 0 Å². The van der Waals surface area contributed by atoms with Gasteiger partial charge in [0.05, 0.1) is 0 Å². The van der Waals surface area contributed by atoms with Gasteiger partial charge in [0.15, 0.2) is 0 Å². The Labute approximate surface area is 96.4 Å². The predicted molar refractivity (Wildman–Crippen MR) is 67.8 cm³/mol. The minimum atomic E-state index is 0.329. The van der Waals surface area contributed by atoms with Gasteiger partial charge in [-0.1, -0.05) is 29.8 Å². The average Bonchev–Trinajstić information content (AvgIpc) is 2.15. The minimum Gasteiger partial charge on any atom is -0.508 e. The molecule has 0 unspecified atom stereocenters. The van der Waals surface area contributed by atoms with E-state index in [1.807, 2.05) is 13.0 Å². The zero-order valence-corrected chi connectivity index (χ0v) is 9.91. The molecule has 0 aromatic heterocycles. The van der Waals surface area contributed by atoms with Crippen LogP contribution in [-0.2, 0) is 0 Å². The summed E-state index contributed by atoms with van der Waals surface area (Å²) in [6, 6.07) is 12.0. The first kappa shape index (κ1) is 10.7. The molecule has 1 N–H and O–H groups in total. The van der Waals surface area contributed by atoms with E-state index in [0.717, 1.165) is 11.1 Å². The van der Waals surface area contributed by atoms with Gasteiger partial charge in [-0.3, -0.25) is 0 Å². The van der Waals surface area contributed by atoms with E-state index < -0.39 is 0 Å². The molecular weight excluding hydrogens is 196 g/mol. The molecule has 1 heteroatoms. The first-order valence-electron chi connectivity index (χ1n) is 5.44.